The zero-order valence-corrected chi connectivity index (χ0v) is 11.4. The molecule has 104 valence electrons. The Morgan fingerprint density at radius 1 is 1.16 bits per heavy atom. The second-order valence-corrected chi connectivity index (χ2v) is 5.34. The van der Waals surface area contributed by atoms with Crippen molar-refractivity contribution in [2.45, 2.75) is 43.9 Å². The molecule has 3 heteroatoms. The van der Waals surface area contributed by atoms with Gasteiger partial charge in [0.25, 0.3) is 0 Å². The molecule has 0 spiro atoms. The van der Waals surface area contributed by atoms with Crippen LogP contribution in [-0.2, 0) is 10.2 Å². The number of hydrogen-bond donors (Lipinski definition) is 2. The van der Waals surface area contributed by atoms with Crippen LogP contribution < -0.4 is 5.32 Å². The van der Waals surface area contributed by atoms with Gasteiger partial charge in [0.1, 0.15) is 0 Å². The van der Waals surface area contributed by atoms with Crippen LogP contribution in [0.4, 0.5) is 0 Å². The van der Waals surface area contributed by atoms with Gasteiger partial charge in [0.05, 0.1) is 5.41 Å². The van der Waals surface area contributed by atoms with Crippen LogP contribution in [0.25, 0.3) is 0 Å². The largest absolute Gasteiger partial charge is 0.396 e. The lowest BCUT2D eigenvalue weighted by atomic mass is 9.64. The molecule has 2 rings (SSSR count). The van der Waals surface area contributed by atoms with Crippen molar-refractivity contribution in [3.8, 4) is 0 Å². The first kappa shape index (κ1) is 14.1. The Bertz CT molecular complexity index is 398. The Labute approximate surface area is 115 Å². The fourth-order valence-electron chi connectivity index (χ4n) is 2.72. The van der Waals surface area contributed by atoms with Crippen LogP contribution in [-0.4, -0.2) is 24.2 Å². The molecule has 1 fully saturated rings. The number of amides is 1. The summed E-state index contributed by atoms with van der Waals surface area (Å²) in [5.41, 5.74) is 0.868. The molecular formula is C16H23NO2. The van der Waals surface area contributed by atoms with Gasteiger partial charge in [-0.25, -0.2) is 0 Å². The number of carbonyl (C=O) groups is 1. The van der Waals surface area contributed by atoms with Gasteiger partial charge in [-0.15, -0.1) is 0 Å². The number of carbonyl (C=O) groups excluding carboxylic acids is 1. The number of aliphatic hydroxyl groups excluding tert-OH is 1. The summed E-state index contributed by atoms with van der Waals surface area (Å²) < 4.78 is 0. The highest BCUT2D eigenvalue weighted by molar-refractivity contribution is 5.89. The van der Waals surface area contributed by atoms with Gasteiger partial charge in [-0.3, -0.25) is 4.79 Å². The number of hydrogen-bond acceptors (Lipinski definition) is 2. The Morgan fingerprint density at radius 2 is 1.89 bits per heavy atom. The molecule has 2 N–H and O–H groups in total. The maximum Gasteiger partial charge on any atom is 0.230 e. The average Bonchev–Trinajstić information content (AvgIpc) is 2.38. The predicted octanol–water partition coefficient (Wildman–Crippen LogP) is 2.39. The van der Waals surface area contributed by atoms with E-state index in [0.29, 0.717) is 6.54 Å². The maximum absolute atomic E-state index is 12.4. The molecule has 1 aliphatic carbocycles. The Kier molecular flexibility index (Phi) is 4.97. The third-order valence-electron chi connectivity index (χ3n) is 4.09. The van der Waals surface area contributed by atoms with E-state index < -0.39 is 0 Å². The molecule has 1 amide bonds. The highest BCUT2D eigenvalue weighted by Crippen LogP contribution is 2.43. The van der Waals surface area contributed by atoms with Gasteiger partial charge in [-0.05, 0) is 37.7 Å². The third kappa shape index (κ3) is 3.16. The lowest BCUT2D eigenvalue weighted by molar-refractivity contribution is -0.129. The molecule has 3 nitrogen and oxygen atoms in total. The summed E-state index contributed by atoms with van der Waals surface area (Å²) in [7, 11) is 0. The molecule has 19 heavy (non-hydrogen) atoms. The zero-order chi connectivity index (χ0) is 13.6. The van der Waals surface area contributed by atoms with E-state index in [-0.39, 0.29) is 17.9 Å². The van der Waals surface area contributed by atoms with Gasteiger partial charge in [0, 0.05) is 13.2 Å². The number of rotatable bonds is 7. The first-order chi connectivity index (χ1) is 9.29. The van der Waals surface area contributed by atoms with E-state index in [9.17, 15) is 4.79 Å². The SMILES string of the molecule is O=C(NCCCCCO)C1(c2ccccc2)CCC1. The van der Waals surface area contributed by atoms with Crippen LogP contribution in [0.15, 0.2) is 30.3 Å². The minimum atomic E-state index is -0.280. The highest BCUT2D eigenvalue weighted by Gasteiger charge is 2.45. The van der Waals surface area contributed by atoms with Gasteiger partial charge < -0.3 is 10.4 Å². The molecule has 1 aliphatic rings. The van der Waals surface area contributed by atoms with Crippen molar-refractivity contribution in [2.24, 2.45) is 0 Å². The monoisotopic (exact) mass is 261 g/mol. The first-order valence-corrected chi connectivity index (χ1v) is 7.24. The van der Waals surface area contributed by atoms with Crippen LogP contribution >= 0.6 is 0 Å². The quantitative estimate of drug-likeness (QED) is 0.740. The Balaban J connectivity index is 1.89. The van der Waals surface area contributed by atoms with Gasteiger partial charge in [0.15, 0.2) is 0 Å². The van der Waals surface area contributed by atoms with E-state index in [0.717, 1.165) is 44.1 Å². The maximum atomic E-state index is 12.4. The fourth-order valence-corrected chi connectivity index (χ4v) is 2.72. The second-order valence-electron chi connectivity index (χ2n) is 5.34. The molecule has 0 aromatic heterocycles. The molecule has 0 aliphatic heterocycles. The lowest BCUT2D eigenvalue weighted by Crippen LogP contribution is -2.49. The molecule has 1 saturated carbocycles. The summed E-state index contributed by atoms with van der Waals surface area (Å²) in [5, 5.41) is 11.8. The topological polar surface area (TPSA) is 49.3 Å². The summed E-state index contributed by atoms with van der Waals surface area (Å²) >= 11 is 0. The van der Waals surface area contributed by atoms with Crippen molar-refractivity contribution in [3.63, 3.8) is 0 Å². The molecule has 1 aromatic rings. The number of unbranched alkanes of at least 4 members (excludes halogenated alkanes) is 2. The van der Waals surface area contributed by atoms with Crippen LogP contribution in [0.1, 0.15) is 44.1 Å². The minimum Gasteiger partial charge on any atom is -0.396 e. The fraction of sp³-hybridized carbons (Fsp3) is 0.562. The first-order valence-electron chi connectivity index (χ1n) is 7.24. The van der Waals surface area contributed by atoms with Crippen molar-refractivity contribution >= 4 is 5.91 Å². The second kappa shape index (κ2) is 6.71. The standard InChI is InChI=1S/C16H23NO2/c18-13-6-2-5-12-17-15(19)16(10-7-11-16)14-8-3-1-4-9-14/h1,3-4,8-9,18H,2,5-7,10-13H2,(H,17,19). The van der Waals surface area contributed by atoms with Crippen LogP contribution in [0, 0.1) is 0 Å². The van der Waals surface area contributed by atoms with Crippen molar-refractivity contribution in [3.05, 3.63) is 35.9 Å². The molecule has 0 heterocycles. The van der Waals surface area contributed by atoms with E-state index in [1.165, 1.54) is 0 Å². The normalized spacial score (nSPS) is 16.7. The van der Waals surface area contributed by atoms with Crippen LogP contribution in [0.5, 0.6) is 0 Å². The van der Waals surface area contributed by atoms with E-state index in [1.807, 2.05) is 18.2 Å². The van der Waals surface area contributed by atoms with Crippen molar-refractivity contribution in [2.75, 3.05) is 13.2 Å². The summed E-state index contributed by atoms with van der Waals surface area (Å²) in [6.45, 7) is 0.954. The number of aliphatic hydroxyl groups is 1. The molecule has 0 radical (unpaired) electrons. The van der Waals surface area contributed by atoms with Crippen molar-refractivity contribution in [1.82, 2.24) is 5.32 Å². The molecule has 0 bridgehead atoms. The van der Waals surface area contributed by atoms with Gasteiger partial charge in [0.2, 0.25) is 5.91 Å². The minimum absolute atomic E-state index is 0.175. The zero-order valence-electron chi connectivity index (χ0n) is 11.4. The Morgan fingerprint density at radius 3 is 2.47 bits per heavy atom. The molecular weight excluding hydrogens is 238 g/mol. The third-order valence-corrected chi connectivity index (χ3v) is 4.09. The molecule has 0 atom stereocenters. The van der Waals surface area contributed by atoms with E-state index in [1.54, 1.807) is 0 Å². The average molecular weight is 261 g/mol. The summed E-state index contributed by atoms with van der Waals surface area (Å²) in [4.78, 5) is 12.4. The summed E-state index contributed by atoms with van der Waals surface area (Å²) in [6, 6.07) is 10.1. The Hall–Kier alpha value is -1.35. The molecule has 0 unspecified atom stereocenters. The molecule has 1 aromatic carbocycles. The predicted molar refractivity (Wildman–Crippen MR) is 75.9 cm³/mol. The number of benzene rings is 1. The highest BCUT2D eigenvalue weighted by atomic mass is 16.2. The van der Waals surface area contributed by atoms with E-state index in [2.05, 4.69) is 17.4 Å². The smallest absolute Gasteiger partial charge is 0.230 e. The van der Waals surface area contributed by atoms with E-state index >= 15 is 0 Å². The number of nitrogens with one attached hydrogen (secondary N) is 1. The van der Waals surface area contributed by atoms with Crippen LogP contribution in [0.2, 0.25) is 0 Å². The van der Waals surface area contributed by atoms with Gasteiger partial charge >= 0.3 is 0 Å². The van der Waals surface area contributed by atoms with Gasteiger partial charge in [-0.2, -0.15) is 0 Å². The summed E-state index contributed by atoms with van der Waals surface area (Å²) in [6.07, 6.45) is 5.78. The summed E-state index contributed by atoms with van der Waals surface area (Å²) in [5.74, 6) is 0.175. The van der Waals surface area contributed by atoms with Crippen molar-refractivity contribution in [1.29, 1.82) is 0 Å². The lowest BCUT2D eigenvalue weighted by Gasteiger charge is -2.40. The van der Waals surface area contributed by atoms with E-state index in [4.69, 9.17) is 5.11 Å². The van der Waals surface area contributed by atoms with Crippen LogP contribution in [0.3, 0.4) is 0 Å². The van der Waals surface area contributed by atoms with Gasteiger partial charge in [-0.1, -0.05) is 36.8 Å². The molecule has 0 saturated heterocycles. The van der Waals surface area contributed by atoms with Crippen molar-refractivity contribution < 1.29 is 9.90 Å².